The molecule has 2 atom stereocenters. The van der Waals surface area contributed by atoms with Crippen molar-refractivity contribution in [2.75, 3.05) is 6.61 Å². The Labute approximate surface area is 201 Å². The van der Waals surface area contributed by atoms with Gasteiger partial charge < -0.3 is 15.0 Å². The van der Waals surface area contributed by atoms with Crippen LogP contribution in [0.5, 0.6) is 5.75 Å². The maximum atomic E-state index is 13.3. The molecule has 2 amide bonds. The molecular weight excluding hydrogens is 447 g/mol. The maximum Gasteiger partial charge on any atom is 0.261 e. The third kappa shape index (κ3) is 6.88. The highest BCUT2D eigenvalue weighted by molar-refractivity contribution is 6.36. The first-order chi connectivity index (χ1) is 15.2. The van der Waals surface area contributed by atoms with E-state index in [1.54, 1.807) is 18.2 Å². The fraction of sp³-hybridized carbons (Fsp3) is 0.440. The first-order valence-corrected chi connectivity index (χ1v) is 11.7. The van der Waals surface area contributed by atoms with E-state index in [-0.39, 0.29) is 31.0 Å². The smallest absolute Gasteiger partial charge is 0.261 e. The molecule has 0 spiro atoms. The van der Waals surface area contributed by atoms with Crippen LogP contribution in [0.2, 0.25) is 10.0 Å². The number of ether oxygens (including phenoxy) is 1. The molecule has 0 unspecified atom stereocenters. The zero-order chi connectivity index (χ0) is 23.8. The minimum atomic E-state index is -0.674. The van der Waals surface area contributed by atoms with Crippen molar-refractivity contribution in [2.24, 2.45) is 0 Å². The van der Waals surface area contributed by atoms with E-state index >= 15 is 0 Å². The van der Waals surface area contributed by atoms with E-state index in [0.29, 0.717) is 27.8 Å². The molecule has 0 aliphatic heterocycles. The second-order valence-electron chi connectivity index (χ2n) is 8.00. The van der Waals surface area contributed by atoms with Gasteiger partial charge in [0.15, 0.2) is 6.61 Å². The highest BCUT2D eigenvalue weighted by Crippen LogP contribution is 2.27. The summed E-state index contributed by atoms with van der Waals surface area (Å²) in [5.41, 5.74) is 2.82. The molecule has 7 heteroatoms. The van der Waals surface area contributed by atoms with Crippen molar-refractivity contribution < 1.29 is 14.3 Å². The minimum Gasteiger partial charge on any atom is -0.484 e. The topological polar surface area (TPSA) is 58.6 Å². The van der Waals surface area contributed by atoms with Crippen LogP contribution >= 0.6 is 23.2 Å². The van der Waals surface area contributed by atoms with E-state index in [4.69, 9.17) is 27.9 Å². The molecule has 32 heavy (non-hydrogen) atoms. The Morgan fingerprint density at radius 2 is 1.69 bits per heavy atom. The highest BCUT2D eigenvalue weighted by atomic mass is 35.5. The highest BCUT2D eigenvalue weighted by Gasteiger charge is 2.30. The fourth-order valence-electron chi connectivity index (χ4n) is 3.25. The van der Waals surface area contributed by atoms with Gasteiger partial charge in [0.1, 0.15) is 11.8 Å². The largest absolute Gasteiger partial charge is 0.484 e. The number of hydrogen-bond acceptors (Lipinski definition) is 3. The molecule has 0 aliphatic rings. The standard InChI is InChI=1S/C25H32Cl2N2O3/c1-6-18(5)28-25(31)23(7-2)29(14-20-21(26)9-8-10-22(20)27)24(30)15-32-19-12-11-16(3)17(4)13-19/h8-13,18,23H,6-7,14-15H2,1-5H3,(H,28,31)/t18-,23-/m1/s1. The molecule has 5 nitrogen and oxygen atoms in total. The van der Waals surface area contributed by atoms with Gasteiger partial charge in [-0.25, -0.2) is 0 Å². The van der Waals surface area contributed by atoms with Gasteiger partial charge in [0, 0.05) is 28.2 Å². The van der Waals surface area contributed by atoms with Gasteiger partial charge in [-0.1, -0.05) is 49.2 Å². The van der Waals surface area contributed by atoms with Crippen LogP contribution in [0.4, 0.5) is 0 Å². The minimum absolute atomic E-state index is 0.00388. The maximum absolute atomic E-state index is 13.3. The number of hydrogen-bond donors (Lipinski definition) is 1. The van der Waals surface area contributed by atoms with Crippen LogP contribution in [0, 0.1) is 13.8 Å². The Bertz CT molecular complexity index is 929. The van der Waals surface area contributed by atoms with Crippen LogP contribution in [-0.2, 0) is 16.1 Å². The number of carbonyl (C=O) groups is 2. The van der Waals surface area contributed by atoms with Crippen LogP contribution in [0.1, 0.15) is 50.3 Å². The Hall–Kier alpha value is -2.24. The van der Waals surface area contributed by atoms with E-state index in [0.717, 1.165) is 17.5 Å². The number of aryl methyl sites for hydroxylation is 2. The molecule has 0 bridgehead atoms. The summed E-state index contributed by atoms with van der Waals surface area (Å²) in [7, 11) is 0. The van der Waals surface area contributed by atoms with Gasteiger partial charge >= 0.3 is 0 Å². The summed E-state index contributed by atoms with van der Waals surface area (Å²) in [5, 5.41) is 3.87. The van der Waals surface area contributed by atoms with E-state index in [9.17, 15) is 9.59 Å². The fourth-order valence-corrected chi connectivity index (χ4v) is 3.76. The summed E-state index contributed by atoms with van der Waals surface area (Å²) >= 11 is 12.7. The number of halogens is 2. The third-order valence-corrected chi connectivity index (χ3v) is 6.33. The molecule has 0 saturated carbocycles. The van der Waals surface area contributed by atoms with E-state index < -0.39 is 6.04 Å². The van der Waals surface area contributed by atoms with Crippen molar-refractivity contribution in [2.45, 2.75) is 66.1 Å². The zero-order valence-electron chi connectivity index (χ0n) is 19.4. The lowest BCUT2D eigenvalue weighted by atomic mass is 10.1. The predicted molar refractivity (Wildman–Crippen MR) is 130 cm³/mol. The summed E-state index contributed by atoms with van der Waals surface area (Å²) in [6.07, 6.45) is 1.24. The molecule has 0 saturated heterocycles. The molecule has 2 rings (SSSR count). The van der Waals surface area contributed by atoms with Gasteiger partial charge in [0.05, 0.1) is 0 Å². The van der Waals surface area contributed by atoms with Gasteiger partial charge in [-0.3, -0.25) is 9.59 Å². The average Bonchev–Trinajstić information content (AvgIpc) is 2.76. The lowest BCUT2D eigenvalue weighted by Gasteiger charge is -2.32. The second-order valence-corrected chi connectivity index (χ2v) is 8.81. The summed E-state index contributed by atoms with van der Waals surface area (Å²) in [5.74, 6) is 0.0872. The Balaban J connectivity index is 2.29. The van der Waals surface area contributed by atoms with Crippen LogP contribution in [0.15, 0.2) is 36.4 Å². The lowest BCUT2D eigenvalue weighted by molar-refractivity contribution is -0.143. The average molecular weight is 479 g/mol. The number of benzene rings is 2. The summed E-state index contributed by atoms with van der Waals surface area (Å²) < 4.78 is 5.77. The summed E-state index contributed by atoms with van der Waals surface area (Å²) in [6.45, 7) is 9.72. The van der Waals surface area contributed by atoms with E-state index in [1.165, 1.54) is 4.90 Å². The molecule has 0 radical (unpaired) electrons. The molecule has 2 aromatic carbocycles. The Kier molecular flexibility index (Phi) is 9.85. The van der Waals surface area contributed by atoms with E-state index in [2.05, 4.69) is 5.32 Å². The number of amides is 2. The molecule has 0 heterocycles. The third-order valence-electron chi connectivity index (χ3n) is 5.62. The van der Waals surface area contributed by atoms with Crippen molar-refractivity contribution in [3.05, 3.63) is 63.1 Å². The van der Waals surface area contributed by atoms with Gasteiger partial charge in [-0.2, -0.15) is 0 Å². The molecule has 1 N–H and O–H groups in total. The number of carbonyl (C=O) groups excluding carboxylic acids is 2. The molecule has 2 aromatic rings. The first kappa shape index (κ1) is 26.0. The van der Waals surface area contributed by atoms with Crippen LogP contribution in [-0.4, -0.2) is 35.4 Å². The Morgan fingerprint density at radius 3 is 2.25 bits per heavy atom. The normalized spacial score (nSPS) is 12.7. The quantitative estimate of drug-likeness (QED) is 0.475. The Morgan fingerprint density at radius 1 is 1.03 bits per heavy atom. The monoisotopic (exact) mass is 478 g/mol. The summed E-state index contributed by atoms with van der Waals surface area (Å²) in [6, 6.07) is 10.2. The lowest BCUT2D eigenvalue weighted by Crippen LogP contribution is -2.51. The van der Waals surface area contributed by atoms with Crippen molar-refractivity contribution in [3.8, 4) is 5.75 Å². The number of rotatable bonds is 10. The number of nitrogens with zero attached hydrogens (tertiary/aromatic N) is 1. The second kappa shape index (κ2) is 12.1. The van der Waals surface area contributed by atoms with Crippen LogP contribution in [0.25, 0.3) is 0 Å². The van der Waals surface area contributed by atoms with E-state index in [1.807, 2.05) is 52.8 Å². The first-order valence-electron chi connectivity index (χ1n) is 10.9. The molecule has 174 valence electrons. The number of nitrogens with one attached hydrogen (secondary N) is 1. The molecule has 0 aliphatic carbocycles. The molecular formula is C25H32Cl2N2O3. The van der Waals surface area contributed by atoms with Gasteiger partial charge in [0.25, 0.3) is 5.91 Å². The van der Waals surface area contributed by atoms with Crippen LogP contribution in [0.3, 0.4) is 0 Å². The molecule has 0 fully saturated rings. The predicted octanol–water partition coefficient (Wildman–Crippen LogP) is 5.71. The van der Waals surface area contributed by atoms with Gasteiger partial charge in [0.2, 0.25) is 5.91 Å². The van der Waals surface area contributed by atoms with Gasteiger partial charge in [-0.15, -0.1) is 0 Å². The van der Waals surface area contributed by atoms with Crippen molar-refractivity contribution in [1.29, 1.82) is 0 Å². The van der Waals surface area contributed by atoms with Crippen molar-refractivity contribution in [3.63, 3.8) is 0 Å². The van der Waals surface area contributed by atoms with Gasteiger partial charge in [-0.05, 0) is 69.0 Å². The zero-order valence-corrected chi connectivity index (χ0v) is 20.9. The summed E-state index contributed by atoms with van der Waals surface area (Å²) in [4.78, 5) is 27.8. The molecule has 0 aromatic heterocycles. The van der Waals surface area contributed by atoms with Crippen molar-refractivity contribution >= 4 is 35.0 Å². The van der Waals surface area contributed by atoms with Crippen molar-refractivity contribution in [1.82, 2.24) is 10.2 Å². The SMILES string of the molecule is CC[C@@H](C)NC(=O)[C@@H](CC)N(Cc1c(Cl)cccc1Cl)C(=O)COc1ccc(C)c(C)c1. The van der Waals surface area contributed by atoms with Crippen LogP contribution < -0.4 is 10.1 Å².